The second-order valence-corrected chi connectivity index (χ2v) is 7.34. The Hall–Kier alpha value is -2.06. The fraction of sp³-hybridized carbons (Fsp3) is 0.375. The minimum atomic E-state index is -1.03. The van der Waals surface area contributed by atoms with Crippen LogP contribution in [0.4, 0.5) is 5.69 Å². The second-order valence-electron chi connectivity index (χ2n) is 5.74. The molecule has 2 fully saturated rings. The third-order valence-electron chi connectivity index (χ3n) is 3.94. The predicted octanol–water partition coefficient (Wildman–Crippen LogP) is 2.34. The number of carbonyl (C=O) groups is 2. The van der Waals surface area contributed by atoms with Gasteiger partial charge < -0.3 is 15.3 Å². The maximum Gasteiger partial charge on any atom is 0.305 e. The summed E-state index contributed by atoms with van der Waals surface area (Å²) in [6.07, 6.45) is 3.67. The number of thioether (sulfide) groups is 1. The first-order valence-corrected chi connectivity index (χ1v) is 9.13. The van der Waals surface area contributed by atoms with Crippen LogP contribution in [0.5, 0.6) is 0 Å². The zero-order valence-corrected chi connectivity index (χ0v) is 14.9. The number of halogens is 1. The number of aliphatic carboxylic acids is 1. The molecule has 2 saturated heterocycles. The lowest BCUT2D eigenvalue weighted by Crippen LogP contribution is -2.26. The number of hydrogen-bond donors (Lipinski definition) is 2. The Balaban J connectivity index is 1.64. The van der Waals surface area contributed by atoms with Crippen LogP contribution in [0.25, 0.3) is 0 Å². The second kappa shape index (κ2) is 7.88. The van der Waals surface area contributed by atoms with Gasteiger partial charge in [-0.2, -0.15) is 5.10 Å². The maximum absolute atomic E-state index is 11.6. The van der Waals surface area contributed by atoms with Crippen molar-refractivity contribution in [2.75, 3.05) is 18.0 Å². The number of hydrogen-bond acceptors (Lipinski definition) is 6. The van der Waals surface area contributed by atoms with Gasteiger partial charge >= 0.3 is 5.97 Å². The molecule has 2 N–H and O–H groups in total. The van der Waals surface area contributed by atoms with Gasteiger partial charge in [0.1, 0.15) is 5.25 Å². The van der Waals surface area contributed by atoms with Crippen molar-refractivity contribution >= 4 is 52.3 Å². The van der Waals surface area contributed by atoms with E-state index in [1.807, 2.05) is 18.2 Å². The molecule has 0 aliphatic carbocycles. The fourth-order valence-electron chi connectivity index (χ4n) is 2.68. The number of carboxylic acids is 1. The van der Waals surface area contributed by atoms with Crippen LogP contribution >= 0.6 is 23.4 Å². The minimum Gasteiger partial charge on any atom is -0.481 e. The number of rotatable bonds is 5. The van der Waals surface area contributed by atoms with Gasteiger partial charge in [-0.1, -0.05) is 23.4 Å². The molecule has 0 aromatic heterocycles. The molecule has 7 nitrogen and oxygen atoms in total. The summed E-state index contributed by atoms with van der Waals surface area (Å²) >= 11 is 7.36. The molecule has 25 heavy (non-hydrogen) atoms. The number of benzene rings is 1. The fourth-order valence-corrected chi connectivity index (χ4v) is 3.82. The number of amidine groups is 1. The first-order valence-electron chi connectivity index (χ1n) is 7.88. The van der Waals surface area contributed by atoms with Crippen LogP contribution < -0.4 is 10.2 Å². The van der Waals surface area contributed by atoms with Crippen molar-refractivity contribution in [1.29, 1.82) is 0 Å². The molecule has 0 bridgehead atoms. The summed E-state index contributed by atoms with van der Waals surface area (Å²) < 4.78 is 0. The van der Waals surface area contributed by atoms with Gasteiger partial charge in [0.05, 0.1) is 17.7 Å². The molecule has 2 aliphatic rings. The number of carboxylic acid groups (broad SMARTS) is 1. The van der Waals surface area contributed by atoms with Crippen LogP contribution in [-0.2, 0) is 9.59 Å². The summed E-state index contributed by atoms with van der Waals surface area (Å²) in [4.78, 5) is 24.6. The Kier molecular flexibility index (Phi) is 5.60. The Morgan fingerprint density at radius 3 is 2.88 bits per heavy atom. The Labute approximate surface area is 154 Å². The van der Waals surface area contributed by atoms with Crippen LogP contribution in [0.2, 0.25) is 5.02 Å². The molecular formula is C16H17ClN4O3S. The van der Waals surface area contributed by atoms with Gasteiger partial charge in [-0.15, -0.1) is 5.10 Å². The van der Waals surface area contributed by atoms with E-state index in [4.69, 9.17) is 16.7 Å². The number of carbonyl (C=O) groups excluding carboxylic acids is 1. The quantitative estimate of drug-likeness (QED) is 0.604. The SMILES string of the molecule is O=C(O)CC1SC(=NN=Cc2ccc(N3CCCC3)cc2Cl)NC1=O. The number of nitrogens with zero attached hydrogens (tertiary/aromatic N) is 3. The molecule has 1 unspecified atom stereocenters. The highest BCUT2D eigenvalue weighted by Crippen LogP contribution is 2.26. The number of anilines is 1. The molecule has 2 aliphatic heterocycles. The lowest BCUT2D eigenvalue weighted by atomic mass is 10.2. The first-order chi connectivity index (χ1) is 12.0. The maximum atomic E-state index is 11.6. The topological polar surface area (TPSA) is 94.4 Å². The molecule has 0 spiro atoms. The zero-order chi connectivity index (χ0) is 17.8. The van der Waals surface area contributed by atoms with Gasteiger partial charge in [-0.3, -0.25) is 9.59 Å². The van der Waals surface area contributed by atoms with E-state index in [0.717, 1.165) is 36.1 Å². The van der Waals surface area contributed by atoms with Crippen molar-refractivity contribution in [2.45, 2.75) is 24.5 Å². The van der Waals surface area contributed by atoms with Crippen molar-refractivity contribution in [2.24, 2.45) is 10.2 Å². The Bertz CT molecular complexity index is 747. The summed E-state index contributed by atoms with van der Waals surface area (Å²) in [5.74, 6) is -1.39. The average Bonchev–Trinajstić information content (AvgIpc) is 3.19. The zero-order valence-electron chi connectivity index (χ0n) is 13.3. The van der Waals surface area contributed by atoms with E-state index in [9.17, 15) is 9.59 Å². The van der Waals surface area contributed by atoms with E-state index in [0.29, 0.717) is 5.02 Å². The summed E-state index contributed by atoms with van der Waals surface area (Å²) in [6.45, 7) is 2.09. The molecule has 0 radical (unpaired) electrons. The Morgan fingerprint density at radius 2 is 2.20 bits per heavy atom. The lowest BCUT2D eigenvalue weighted by molar-refractivity contribution is -0.138. The van der Waals surface area contributed by atoms with Crippen molar-refractivity contribution < 1.29 is 14.7 Å². The smallest absolute Gasteiger partial charge is 0.305 e. The summed E-state index contributed by atoms with van der Waals surface area (Å²) in [5.41, 5.74) is 1.83. The molecule has 1 amide bonds. The van der Waals surface area contributed by atoms with E-state index in [2.05, 4.69) is 20.4 Å². The standard InChI is InChI=1S/C16H17ClN4O3S/c17-12-7-11(21-5-1-2-6-21)4-3-10(12)9-18-20-16-19-15(24)13(25-16)8-14(22)23/h3-4,7,9,13H,1-2,5-6,8H2,(H,22,23)(H,19,20,24). The molecular weight excluding hydrogens is 364 g/mol. The number of amides is 1. The lowest BCUT2D eigenvalue weighted by Gasteiger charge is -2.18. The van der Waals surface area contributed by atoms with Gasteiger partial charge in [-0.25, -0.2) is 0 Å². The van der Waals surface area contributed by atoms with E-state index >= 15 is 0 Å². The largest absolute Gasteiger partial charge is 0.481 e. The normalized spacial score (nSPS) is 22.1. The van der Waals surface area contributed by atoms with E-state index in [1.165, 1.54) is 19.1 Å². The van der Waals surface area contributed by atoms with Crippen molar-refractivity contribution in [1.82, 2.24) is 5.32 Å². The molecule has 0 saturated carbocycles. The third-order valence-corrected chi connectivity index (χ3v) is 5.34. The van der Waals surface area contributed by atoms with E-state index in [-0.39, 0.29) is 17.5 Å². The molecule has 3 rings (SSSR count). The van der Waals surface area contributed by atoms with Gasteiger partial charge in [-0.05, 0) is 31.0 Å². The highest BCUT2D eigenvalue weighted by Gasteiger charge is 2.32. The van der Waals surface area contributed by atoms with Crippen LogP contribution in [0.1, 0.15) is 24.8 Å². The highest BCUT2D eigenvalue weighted by atomic mass is 35.5. The molecule has 2 heterocycles. The van der Waals surface area contributed by atoms with E-state index < -0.39 is 11.2 Å². The monoisotopic (exact) mass is 380 g/mol. The Morgan fingerprint density at radius 1 is 1.44 bits per heavy atom. The first kappa shape index (κ1) is 17.8. The number of nitrogens with one attached hydrogen (secondary N) is 1. The summed E-state index contributed by atoms with van der Waals surface area (Å²) in [7, 11) is 0. The molecule has 1 aromatic rings. The van der Waals surface area contributed by atoms with Gasteiger partial charge in [0.2, 0.25) is 5.91 Å². The van der Waals surface area contributed by atoms with Crippen molar-refractivity contribution in [3.05, 3.63) is 28.8 Å². The van der Waals surface area contributed by atoms with Crippen LogP contribution in [0.15, 0.2) is 28.4 Å². The van der Waals surface area contributed by atoms with E-state index in [1.54, 1.807) is 0 Å². The van der Waals surface area contributed by atoms with Crippen molar-refractivity contribution in [3.8, 4) is 0 Å². The minimum absolute atomic E-state index is 0.247. The van der Waals surface area contributed by atoms with Gasteiger partial charge in [0, 0.05) is 24.3 Å². The van der Waals surface area contributed by atoms with Gasteiger partial charge in [0.15, 0.2) is 5.17 Å². The van der Waals surface area contributed by atoms with Crippen LogP contribution in [0.3, 0.4) is 0 Å². The van der Waals surface area contributed by atoms with Crippen molar-refractivity contribution in [3.63, 3.8) is 0 Å². The molecule has 132 valence electrons. The third kappa shape index (κ3) is 4.52. The molecule has 9 heteroatoms. The van der Waals surface area contributed by atoms with Gasteiger partial charge in [0.25, 0.3) is 0 Å². The molecule has 1 aromatic carbocycles. The predicted molar refractivity (Wildman–Crippen MR) is 99.7 cm³/mol. The highest BCUT2D eigenvalue weighted by molar-refractivity contribution is 8.15. The van der Waals surface area contributed by atoms with Crippen LogP contribution in [-0.4, -0.2) is 46.7 Å². The molecule has 1 atom stereocenters. The average molecular weight is 381 g/mol. The summed E-state index contributed by atoms with van der Waals surface area (Å²) in [6, 6.07) is 5.80. The van der Waals surface area contributed by atoms with Crippen LogP contribution in [0, 0.1) is 0 Å². The summed E-state index contributed by atoms with van der Waals surface area (Å²) in [5, 5.41) is 19.3.